The van der Waals surface area contributed by atoms with Gasteiger partial charge < -0.3 is 15.9 Å². The van der Waals surface area contributed by atoms with Crippen LogP contribution in [0.15, 0.2) is 36.4 Å². The number of rotatable bonds is 3. The van der Waals surface area contributed by atoms with Gasteiger partial charge in [0.2, 0.25) is 5.91 Å². The van der Waals surface area contributed by atoms with Gasteiger partial charge in [-0.15, -0.1) is 0 Å². The Balaban J connectivity index is 2.77. The second kappa shape index (κ2) is 4.81. The number of nitrogens with two attached hydrogens (primary N) is 1. The second-order valence-corrected chi connectivity index (χ2v) is 3.95. The number of aromatic carboxylic acids is 1. The number of fused-ring (bicyclic) bond motifs is 1. The van der Waals surface area contributed by atoms with Gasteiger partial charge in [-0.05, 0) is 22.9 Å². The molecule has 0 aliphatic rings. The van der Waals surface area contributed by atoms with Crippen molar-refractivity contribution in [1.82, 2.24) is 0 Å². The molecule has 0 aromatic heterocycles. The Morgan fingerprint density at radius 3 is 2.53 bits per heavy atom. The number of benzene rings is 2. The van der Waals surface area contributed by atoms with Gasteiger partial charge in [0, 0.05) is 11.6 Å². The summed E-state index contributed by atoms with van der Waals surface area (Å²) in [6.07, 6.45) is 2.35. The average molecular weight is 257 g/mol. The van der Waals surface area contributed by atoms with Gasteiger partial charge in [-0.25, -0.2) is 4.79 Å². The summed E-state index contributed by atoms with van der Waals surface area (Å²) in [6, 6.07) is 8.37. The smallest absolute Gasteiger partial charge is 0.340 e. The van der Waals surface area contributed by atoms with Crippen molar-refractivity contribution in [2.45, 2.75) is 0 Å². The number of hydrogen-bond donors (Lipinski definition) is 3. The van der Waals surface area contributed by atoms with Gasteiger partial charge in [-0.1, -0.05) is 24.3 Å². The molecule has 2 aromatic carbocycles. The number of carbonyl (C=O) groups excluding carboxylic acids is 1. The first-order valence-corrected chi connectivity index (χ1v) is 5.46. The highest BCUT2D eigenvalue weighted by molar-refractivity contribution is 6.08. The van der Waals surface area contributed by atoms with E-state index in [1.165, 1.54) is 6.08 Å². The normalized spacial score (nSPS) is 10.9. The van der Waals surface area contributed by atoms with E-state index in [-0.39, 0.29) is 16.9 Å². The lowest BCUT2D eigenvalue weighted by atomic mass is 9.99. The first-order chi connectivity index (χ1) is 9.00. The Kier molecular flexibility index (Phi) is 3.20. The maximum atomic E-state index is 11.3. The van der Waals surface area contributed by atoms with Crippen LogP contribution in [-0.4, -0.2) is 22.1 Å². The molecule has 5 nitrogen and oxygen atoms in total. The monoisotopic (exact) mass is 257 g/mol. The van der Waals surface area contributed by atoms with E-state index in [0.29, 0.717) is 10.8 Å². The maximum absolute atomic E-state index is 11.3. The molecule has 96 valence electrons. The number of carboxylic acid groups (broad SMARTS) is 1. The van der Waals surface area contributed by atoms with Gasteiger partial charge in [0.1, 0.15) is 11.3 Å². The average Bonchev–Trinajstić information content (AvgIpc) is 2.35. The molecule has 0 aliphatic carbocycles. The second-order valence-electron chi connectivity index (χ2n) is 3.95. The topological polar surface area (TPSA) is 101 Å². The fraction of sp³-hybridized carbons (Fsp3) is 0. The quantitative estimate of drug-likeness (QED) is 0.729. The van der Waals surface area contributed by atoms with Crippen LogP contribution in [0, 0.1) is 0 Å². The highest BCUT2D eigenvalue weighted by Crippen LogP contribution is 2.32. The summed E-state index contributed by atoms with van der Waals surface area (Å²) >= 11 is 0. The molecule has 1 amide bonds. The lowest BCUT2D eigenvalue weighted by Gasteiger charge is -2.08. The van der Waals surface area contributed by atoms with Crippen molar-refractivity contribution in [1.29, 1.82) is 0 Å². The first kappa shape index (κ1) is 12.6. The molecule has 0 spiro atoms. The van der Waals surface area contributed by atoms with Crippen molar-refractivity contribution in [2.75, 3.05) is 0 Å². The molecule has 0 saturated carbocycles. The van der Waals surface area contributed by atoms with E-state index in [1.54, 1.807) is 30.3 Å². The largest absolute Gasteiger partial charge is 0.506 e. The van der Waals surface area contributed by atoms with Gasteiger partial charge >= 0.3 is 5.97 Å². The van der Waals surface area contributed by atoms with Crippen LogP contribution >= 0.6 is 0 Å². The van der Waals surface area contributed by atoms with Gasteiger partial charge in [-0.3, -0.25) is 4.79 Å². The van der Waals surface area contributed by atoms with Gasteiger partial charge in [0.25, 0.3) is 0 Å². The van der Waals surface area contributed by atoms with Crippen LogP contribution in [-0.2, 0) is 4.79 Å². The number of amides is 1. The van der Waals surface area contributed by atoms with E-state index in [9.17, 15) is 19.8 Å². The lowest BCUT2D eigenvalue weighted by Crippen LogP contribution is -2.05. The van der Waals surface area contributed by atoms with Crippen LogP contribution in [0.1, 0.15) is 15.9 Å². The Bertz CT molecular complexity index is 704. The van der Waals surface area contributed by atoms with Crippen LogP contribution in [0.4, 0.5) is 0 Å². The molecule has 2 rings (SSSR count). The Hall–Kier alpha value is -2.82. The summed E-state index contributed by atoms with van der Waals surface area (Å²) in [6.45, 7) is 0. The zero-order valence-electron chi connectivity index (χ0n) is 9.83. The van der Waals surface area contributed by atoms with E-state index < -0.39 is 11.9 Å². The minimum absolute atomic E-state index is 0.192. The highest BCUT2D eigenvalue weighted by Gasteiger charge is 2.17. The molecule has 4 N–H and O–H groups in total. The molecule has 0 radical (unpaired) electrons. The molecule has 0 unspecified atom stereocenters. The number of primary amides is 1. The molecular formula is C14H11NO4. The lowest BCUT2D eigenvalue weighted by molar-refractivity contribution is -0.113. The van der Waals surface area contributed by atoms with Crippen molar-refractivity contribution in [3.05, 3.63) is 47.5 Å². The van der Waals surface area contributed by atoms with Crippen molar-refractivity contribution < 1.29 is 19.8 Å². The molecule has 0 saturated heterocycles. The summed E-state index contributed by atoms with van der Waals surface area (Å²) in [4.78, 5) is 22.0. The molecule has 0 atom stereocenters. The predicted molar refractivity (Wildman–Crippen MR) is 70.8 cm³/mol. The number of hydrogen-bond acceptors (Lipinski definition) is 3. The summed E-state index contributed by atoms with van der Waals surface area (Å²) in [5.41, 5.74) is 5.02. The van der Waals surface area contributed by atoms with E-state index in [0.717, 1.165) is 6.08 Å². The summed E-state index contributed by atoms with van der Waals surface area (Å²) in [7, 11) is 0. The SMILES string of the molecule is NC(=O)C=Cc1cc2ccccc2c(C(=O)O)c1O. The maximum Gasteiger partial charge on any atom is 0.340 e. The van der Waals surface area contributed by atoms with E-state index in [1.807, 2.05) is 0 Å². The summed E-state index contributed by atoms with van der Waals surface area (Å²) in [5.74, 6) is -2.30. The minimum atomic E-state index is -1.23. The molecule has 0 bridgehead atoms. The molecule has 19 heavy (non-hydrogen) atoms. The number of carboxylic acids is 1. The van der Waals surface area contributed by atoms with Crippen molar-refractivity contribution in [3.8, 4) is 5.75 Å². The van der Waals surface area contributed by atoms with Crippen molar-refractivity contribution in [2.24, 2.45) is 5.73 Å². The zero-order valence-corrected chi connectivity index (χ0v) is 9.83. The predicted octanol–water partition coefficient (Wildman–Crippen LogP) is 1.74. The fourth-order valence-electron chi connectivity index (χ4n) is 1.87. The Morgan fingerprint density at radius 1 is 1.21 bits per heavy atom. The molecule has 0 heterocycles. The molecule has 0 aliphatic heterocycles. The van der Waals surface area contributed by atoms with Gasteiger partial charge in [0.15, 0.2) is 0 Å². The van der Waals surface area contributed by atoms with Crippen LogP contribution in [0.2, 0.25) is 0 Å². The summed E-state index contributed by atoms with van der Waals surface area (Å²) in [5, 5.41) is 20.3. The number of carbonyl (C=O) groups is 2. The third-order valence-corrected chi connectivity index (χ3v) is 2.69. The molecule has 0 fully saturated rings. The van der Waals surface area contributed by atoms with Gasteiger partial charge in [0.05, 0.1) is 0 Å². The van der Waals surface area contributed by atoms with Crippen molar-refractivity contribution in [3.63, 3.8) is 0 Å². The van der Waals surface area contributed by atoms with Crippen LogP contribution in [0.5, 0.6) is 5.75 Å². The van der Waals surface area contributed by atoms with Crippen LogP contribution in [0.3, 0.4) is 0 Å². The third kappa shape index (κ3) is 2.40. The number of aromatic hydroxyl groups is 1. The third-order valence-electron chi connectivity index (χ3n) is 2.69. The Morgan fingerprint density at radius 2 is 1.89 bits per heavy atom. The van der Waals surface area contributed by atoms with E-state index in [4.69, 9.17) is 5.73 Å². The molecule has 5 heteroatoms. The molecular weight excluding hydrogens is 246 g/mol. The van der Waals surface area contributed by atoms with E-state index >= 15 is 0 Å². The zero-order chi connectivity index (χ0) is 14.0. The Labute approximate surface area is 108 Å². The molecule has 2 aromatic rings. The first-order valence-electron chi connectivity index (χ1n) is 5.46. The van der Waals surface area contributed by atoms with Crippen molar-refractivity contribution >= 4 is 28.7 Å². The van der Waals surface area contributed by atoms with E-state index in [2.05, 4.69) is 0 Å². The fourth-order valence-corrected chi connectivity index (χ4v) is 1.87. The number of phenols is 1. The minimum Gasteiger partial charge on any atom is -0.506 e. The van der Waals surface area contributed by atoms with Gasteiger partial charge in [-0.2, -0.15) is 0 Å². The van der Waals surface area contributed by atoms with Crippen LogP contribution < -0.4 is 5.73 Å². The van der Waals surface area contributed by atoms with Crippen LogP contribution in [0.25, 0.3) is 16.8 Å². The highest BCUT2D eigenvalue weighted by atomic mass is 16.4. The standard InChI is InChI=1S/C14H11NO4/c15-11(16)6-5-9-7-8-3-1-2-4-10(8)12(13(9)17)14(18)19/h1-7,17H,(H2,15,16)(H,18,19). The summed E-state index contributed by atoms with van der Waals surface area (Å²) < 4.78 is 0.